The van der Waals surface area contributed by atoms with Gasteiger partial charge < -0.3 is 14.7 Å². The van der Waals surface area contributed by atoms with Crippen LogP contribution in [0, 0.1) is 5.41 Å². The Bertz CT molecular complexity index is 497. The van der Waals surface area contributed by atoms with Gasteiger partial charge in [-0.2, -0.15) is 0 Å². The summed E-state index contributed by atoms with van der Waals surface area (Å²) >= 11 is 0. The van der Waals surface area contributed by atoms with Crippen molar-refractivity contribution in [1.29, 1.82) is 5.41 Å². The molecule has 0 aliphatic rings. The van der Waals surface area contributed by atoms with E-state index >= 15 is 0 Å². The molecule has 0 bridgehead atoms. The van der Waals surface area contributed by atoms with E-state index in [0.29, 0.717) is 22.5 Å². The van der Waals surface area contributed by atoms with Gasteiger partial charge in [-0.3, -0.25) is 5.41 Å². The number of imidazole rings is 1. The maximum atomic E-state index is 8.81. The van der Waals surface area contributed by atoms with Gasteiger partial charge in [0, 0.05) is 7.05 Å². The largest absolute Gasteiger partial charge is 0.388 e. The molecule has 0 saturated carbocycles. The van der Waals surface area contributed by atoms with Crippen LogP contribution in [0.2, 0.25) is 0 Å². The summed E-state index contributed by atoms with van der Waals surface area (Å²) in [4.78, 5) is 10.8. The van der Waals surface area contributed by atoms with Gasteiger partial charge in [-0.15, -0.1) is 0 Å². The lowest BCUT2D eigenvalue weighted by atomic mass is 10.5. The summed E-state index contributed by atoms with van der Waals surface area (Å²) in [5.74, 6) is 0.433. The fraction of sp³-hybridized carbons (Fsp3) is 0.286. The first-order valence-electron chi connectivity index (χ1n) is 3.78. The van der Waals surface area contributed by atoms with Crippen LogP contribution in [0.5, 0.6) is 0 Å². The Morgan fingerprint density at radius 1 is 1.69 bits per heavy atom. The summed E-state index contributed by atoms with van der Waals surface area (Å²) in [7, 11) is 1.73. The molecule has 3 N–H and O–H groups in total. The summed E-state index contributed by atoms with van der Waals surface area (Å²) in [5.41, 5.74) is 1.32. The second kappa shape index (κ2) is 2.67. The number of aryl methyl sites for hydroxylation is 1. The lowest BCUT2D eigenvalue weighted by Crippen LogP contribution is -2.17. The van der Waals surface area contributed by atoms with Crippen molar-refractivity contribution in [3.05, 3.63) is 17.6 Å². The average molecular weight is 179 g/mol. The minimum absolute atomic E-state index is 0.167. The van der Waals surface area contributed by atoms with Gasteiger partial charge in [-0.05, 0) is 0 Å². The van der Waals surface area contributed by atoms with E-state index in [0.717, 1.165) is 0 Å². The number of nitrogens with zero attached hydrogens (tertiary/aromatic N) is 3. The van der Waals surface area contributed by atoms with Gasteiger partial charge in [0.05, 0.1) is 6.33 Å². The number of aliphatic hydroxyl groups is 1. The molecule has 2 heterocycles. The van der Waals surface area contributed by atoms with Gasteiger partial charge in [0.25, 0.3) is 0 Å². The number of aromatic amines is 1. The first-order valence-corrected chi connectivity index (χ1v) is 3.78. The van der Waals surface area contributed by atoms with Crippen LogP contribution in [-0.2, 0) is 13.7 Å². The SMILES string of the molecule is Cn1cnc2nc(CO)[nH]c2c1=N. The highest BCUT2D eigenvalue weighted by molar-refractivity contribution is 5.68. The highest BCUT2D eigenvalue weighted by Crippen LogP contribution is 2.01. The van der Waals surface area contributed by atoms with E-state index in [1.54, 1.807) is 11.6 Å². The molecule has 0 atom stereocenters. The molecule has 0 aliphatic heterocycles. The van der Waals surface area contributed by atoms with Gasteiger partial charge in [0.15, 0.2) is 11.1 Å². The highest BCUT2D eigenvalue weighted by atomic mass is 16.3. The molecule has 0 fully saturated rings. The third-order valence-electron chi connectivity index (χ3n) is 1.83. The van der Waals surface area contributed by atoms with Crippen molar-refractivity contribution in [2.75, 3.05) is 0 Å². The predicted molar refractivity (Wildman–Crippen MR) is 44.6 cm³/mol. The van der Waals surface area contributed by atoms with Gasteiger partial charge in [0.2, 0.25) is 0 Å². The Hall–Kier alpha value is -1.69. The topological polar surface area (TPSA) is 90.6 Å². The Morgan fingerprint density at radius 3 is 3.15 bits per heavy atom. The van der Waals surface area contributed by atoms with E-state index in [4.69, 9.17) is 10.5 Å². The van der Waals surface area contributed by atoms with Crippen molar-refractivity contribution in [2.45, 2.75) is 6.61 Å². The normalized spacial score (nSPS) is 10.9. The van der Waals surface area contributed by atoms with Crippen molar-refractivity contribution in [3.8, 4) is 0 Å². The molecule has 0 amide bonds. The number of H-pyrrole nitrogens is 1. The molecule has 2 aromatic rings. The molecular formula is C7H9N5O. The first kappa shape index (κ1) is 7.93. The third kappa shape index (κ3) is 1.11. The quantitative estimate of drug-likeness (QED) is 0.539. The summed E-state index contributed by atoms with van der Waals surface area (Å²) in [6.07, 6.45) is 1.52. The fourth-order valence-corrected chi connectivity index (χ4v) is 1.12. The molecule has 2 rings (SSSR count). The Kier molecular flexibility index (Phi) is 1.63. The number of nitrogens with one attached hydrogen (secondary N) is 2. The molecule has 0 unspecified atom stereocenters. The van der Waals surface area contributed by atoms with Crippen molar-refractivity contribution in [1.82, 2.24) is 19.5 Å². The van der Waals surface area contributed by atoms with E-state index in [1.807, 2.05) is 0 Å². The number of aliphatic hydroxyl groups excluding tert-OH is 1. The average Bonchev–Trinajstić information content (AvgIpc) is 2.55. The number of fused-ring (bicyclic) bond motifs is 1. The zero-order chi connectivity index (χ0) is 9.42. The standard InChI is InChI=1S/C7H9N5O/c1-12-3-9-7-5(6(12)8)10-4(2-13)11-7/h3,8,13H,2H2,1H3,(H,10,11). The summed E-state index contributed by atoms with van der Waals surface area (Å²) in [6, 6.07) is 0. The van der Waals surface area contributed by atoms with Crippen LogP contribution in [-0.4, -0.2) is 24.6 Å². The number of aromatic nitrogens is 4. The van der Waals surface area contributed by atoms with Crippen LogP contribution in [0.3, 0.4) is 0 Å². The molecule has 68 valence electrons. The summed E-state index contributed by atoms with van der Waals surface area (Å²) < 4.78 is 1.57. The molecule has 0 radical (unpaired) electrons. The minimum Gasteiger partial charge on any atom is -0.388 e. The first-order chi connectivity index (χ1) is 6.22. The monoisotopic (exact) mass is 179 g/mol. The zero-order valence-corrected chi connectivity index (χ0v) is 7.07. The summed E-state index contributed by atoms with van der Waals surface area (Å²) in [6.45, 7) is -0.167. The summed E-state index contributed by atoms with van der Waals surface area (Å²) in [5, 5.41) is 16.5. The lowest BCUT2D eigenvalue weighted by molar-refractivity contribution is 0.273. The number of hydrogen-bond acceptors (Lipinski definition) is 4. The van der Waals surface area contributed by atoms with Crippen LogP contribution in [0.4, 0.5) is 0 Å². The zero-order valence-electron chi connectivity index (χ0n) is 7.07. The Morgan fingerprint density at radius 2 is 2.46 bits per heavy atom. The second-order valence-corrected chi connectivity index (χ2v) is 2.74. The molecule has 2 aromatic heterocycles. The smallest absolute Gasteiger partial charge is 0.183 e. The lowest BCUT2D eigenvalue weighted by Gasteiger charge is -1.95. The Balaban J connectivity index is 2.84. The van der Waals surface area contributed by atoms with Gasteiger partial charge in [-0.25, -0.2) is 9.97 Å². The van der Waals surface area contributed by atoms with Crippen molar-refractivity contribution in [3.63, 3.8) is 0 Å². The van der Waals surface area contributed by atoms with E-state index in [-0.39, 0.29) is 6.61 Å². The van der Waals surface area contributed by atoms with E-state index in [1.165, 1.54) is 6.33 Å². The molecule has 0 aromatic carbocycles. The van der Waals surface area contributed by atoms with Gasteiger partial charge >= 0.3 is 0 Å². The van der Waals surface area contributed by atoms with Crippen LogP contribution < -0.4 is 5.49 Å². The molecule has 6 heteroatoms. The van der Waals surface area contributed by atoms with E-state index < -0.39 is 0 Å². The van der Waals surface area contributed by atoms with Crippen molar-refractivity contribution >= 4 is 11.2 Å². The maximum Gasteiger partial charge on any atom is 0.183 e. The van der Waals surface area contributed by atoms with Crippen LogP contribution in [0.25, 0.3) is 11.2 Å². The molecular weight excluding hydrogens is 170 g/mol. The van der Waals surface area contributed by atoms with Crippen molar-refractivity contribution in [2.24, 2.45) is 7.05 Å². The minimum atomic E-state index is -0.167. The molecule has 0 aliphatic carbocycles. The predicted octanol–water partition coefficient (Wildman–Crippen LogP) is -0.732. The van der Waals surface area contributed by atoms with E-state index in [9.17, 15) is 0 Å². The fourth-order valence-electron chi connectivity index (χ4n) is 1.12. The number of rotatable bonds is 1. The van der Waals surface area contributed by atoms with E-state index in [2.05, 4.69) is 15.0 Å². The highest BCUT2D eigenvalue weighted by Gasteiger charge is 2.04. The maximum absolute atomic E-state index is 8.81. The molecule has 0 spiro atoms. The number of hydrogen-bond donors (Lipinski definition) is 3. The van der Waals surface area contributed by atoms with Gasteiger partial charge in [-0.1, -0.05) is 0 Å². The van der Waals surface area contributed by atoms with Crippen molar-refractivity contribution < 1.29 is 5.11 Å². The van der Waals surface area contributed by atoms with Crippen LogP contribution in [0.15, 0.2) is 6.33 Å². The Labute approximate surface area is 73.4 Å². The van der Waals surface area contributed by atoms with Crippen LogP contribution >= 0.6 is 0 Å². The molecule has 13 heavy (non-hydrogen) atoms. The second-order valence-electron chi connectivity index (χ2n) is 2.74. The molecule has 6 nitrogen and oxygen atoms in total. The molecule has 0 saturated heterocycles. The third-order valence-corrected chi connectivity index (χ3v) is 1.83. The van der Waals surface area contributed by atoms with Gasteiger partial charge in [0.1, 0.15) is 17.9 Å². The van der Waals surface area contributed by atoms with Crippen LogP contribution in [0.1, 0.15) is 5.82 Å².